The van der Waals surface area contributed by atoms with E-state index in [1.165, 1.54) is 9.88 Å². The zero-order valence-electron chi connectivity index (χ0n) is 8.51. The summed E-state index contributed by atoms with van der Waals surface area (Å²) >= 11 is 7.38. The lowest BCUT2D eigenvalue weighted by atomic mass is 10.2. The predicted molar refractivity (Wildman–Crippen MR) is 62.9 cm³/mol. The summed E-state index contributed by atoms with van der Waals surface area (Å²) in [5.41, 5.74) is 0. The lowest BCUT2D eigenvalue weighted by molar-refractivity contribution is 0.763. The number of hydrogen-bond acceptors (Lipinski definition) is 3. The Labute approximate surface area is 94.0 Å². The first-order valence-electron chi connectivity index (χ1n) is 4.58. The fraction of sp³-hybridized carbons (Fsp3) is 0.500. The summed E-state index contributed by atoms with van der Waals surface area (Å²) in [7, 11) is 0. The van der Waals surface area contributed by atoms with E-state index in [1.807, 2.05) is 6.20 Å². The molecule has 1 aromatic rings. The second kappa shape index (κ2) is 5.49. The van der Waals surface area contributed by atoms with Crippen molar-refractivity contribution in [3.05, 3.63) is 27.7 Å². The molecule has 0 aliphatic heterocycles. The maximum Gasteiger partial charge on any atom is 0.0953 e. The molecule has 14 heavy (non-hydrogen) atoms. The number of aromatic nitrogens is 1. The van der Waals surface area contributed by atoms with Gasteiger partial charge in [-0.2, -0.15) is 0 Å². The van der Waals surface area contributed by atoms with Crippen molar-refractivity contribution >= 4 is 22.9 Å². The lowest BCUT2D eigenvalue weighted by Crippen LogP contribution is -2.13. The Hall–Kier alpha value is -0.380. The van der Waals surface area contributed by atoms with E-state index >= 15 is 0 Å². The van der Waals surface area contributed by atoms with Gasteiger partial charge < -0.3 is 5.32 Å². The molecular formula is C10H15ClN2S. The summed E-state index contributed by atoms with van der Waals surface area (Å²) in [6.45, 7) is 9.37. The van der Waals surface area contributed by atoms with Gasteiger partial charge in [-0.3, -0.25) is 0 Å². The summed E-state index contributed by atoms with van der Waals surface area (Å²) < 4.78 is 0. The molecule has 0 fully saturated rings. The van der Waals surface area contributed by atoms with Crippen LogP contribution in [0.3, 0.4) is 0 Å². The van der Waals surface area contributed by atoms with Gasteiger partial charge in [0.15, 0.2) is 0 Å². The molecule has 0 radical (unpaired) electrons. The average molecular weight is 231 g/mol. The van der Waals surface area contributed by atoms with Crippen molar-refractivity contribution in [3.8, 4) is 0 Å². The summed E-state index contributed by atoms with van der Waals surface area (Å²) in [4.78, 5) is 5.58. The first-order valence-corrected chi connectivity index (χ1v) is 5.77. The SMILES string of the molecule is C=C(Cl)CNCc1cnc(C(C)C)s1. The Bertz CT molecular complexity index is 307. The van der Waals surface area contributed by atoms with Crippen LogP contribution in [0.2, 0.25) is 0 Å². The molecule has 1 rings (SSSR count). The zero-order chi connectivity index (χ0) is 10.6. The van der Waals surface area contributed by atoms with E-state index in [-0.39, 0.29) is 0 Å². The molecule has 0 bridgehead atoms. The van der Waals surface area contributed by atoms with E-state index in [9.17, 15) is 0 Å². The van der Waals surface area contributed by atoms with E-state index in [0.717, 1.165) is 6.54 Å². The van der Waals surface area contributed by atoms with Gasteiger partial charge in [0, 0.05) is 35.1 Å². The maximum atomic E-state index is 5.63. The maximum absolute atomic E-state index is 5.63. The third-order valence-corrected chi connectivity index (χ3v) is 3.11. The molecule has 0 aliphatic rings. The Kier molecular flexibility index (Phi) is 4.58. The van der Waals surface area contributed by atoms with Crippen LogP contribution in [0.25, 0.3) is 0 Å². The van der Waals surface area contributed by atoms with Crippen LogP contribution >= 0.6 is 22.9 Å². The highest BCUT2D eigenvalue weighted by Gasteiger charge is 2.04. The van der Waals surface area contributed by atoms with Gasteiger partial charge in [-0.1, -0.05) is 32.0 Å². The highest BCUT2D eigenvalue weighted by atomic mass is 35.5. The van der Waals surface area contributed by atoms with Gasteiger partial charge >= 0.3 is 0 Å². The van der Waals surface area contributed by atoms with E-state index in [2.05, 4.69) is 30.7 Å². The molecule has 0 aliphatic carbocycles. The van der Waals surface area contributed by atoms with Crippen molar-refractivity contribution in [2.45, 2.75) is 26.3 Å². The lowest BCUT2D eigenvalue weighted by Gasteiger charge is -1.99. The van der Waals surface area contributed by atoms with Crippen LogP contribution in [0.15, 0.2) is 17.8 Å². The largest absolute Gasteiger partial charge is 0.307 e. The second-order valence-electron chi connectivity index (χ2n) is 3.44. The Morgan fingerprint density at radius 3 is 2.93 bits per heavy atom. The highest BCUT2D eigenvalue weighted by molar-refractivity contribution is 7.11. The van der Waals surface area contributed by atoms with Gasteiger partial charge in [0.2, 0.25) is 0 Å². The molecule has 0 amide bonds. The van der Waals surface area contributed by atoms with Crippen molar-refractivity contribution in [1.29, 1.82) is 0 Å². The molecular weight excluding hydrogens is 216 g/mol. The van der Waals surface area contributed by atoms with Crippen molar-refractivity contribution in [2.24, 2.45) is 0 Å². The zero-order valence-corrected chi connectivity index (χ0v) is 10.1. The van der Waals surface area contributed by atoms with Gasteiger partial charge in [0.1, 0.15) is 0 Å². The average Bonchev–Trinajstić information content (AvgIpc) is 2.52. The fourth-order valence-corrected chi connectivity index (χ4v) is 1.98. The van der Waals surface area contributed by atoms with E-state index in [0.29, 0.717) is 17.5 Å². The van der Waals surface area contributed by atoms with Crippen molar-refractivity contribution in [3.63, 3.8) is 0 Å². The van der Waals surface area contributed by atoms with Crippen LogP contribution in [0, 0.1) is 0 Å². The van der Waals surface area contributed by atoms with E-state index in [1.54, 1.807) is 11.3 Å². The number of hydrogen-bond donors (Lipinski definition) is 1. The quantitative estimate of drug-likeness (QED) is 0.841. The number of nitrogens with one attached hydrogen (secondary N) is 1. The summed E-state index contributed by atoms with van der Waals surface area (Å²) in [6, 6.07) is 0. The summed E-state index contributed by atoms with van der Waals surface area (Å²) in [6.07, 6.45) is 1.92. The van der Waals surface area contributed by atoms with E-state index in [4.69, 9.17) is 11.6 Å². The minimum Gasteiger partial charge on any atom is -0.307 e. The third kappa shape index (κ3) is 3.78. The Morgan fingerprint density at radius 2 is 2.43 bits per heavy atom. The smallest absolute Gasteiger partial charge is 0.0953 e. The van der Waals surface area contributed by atoms with Gasteiger partial charge in [-0.15, -0.1) is 11.3 Å². The predicted octanol–water partition coefficient (Wildman–Crippen LogP) is 3.11. The molecule has 0 unspecified atom stereocenters. The molecule has 0 saturated heterocycles. The van der Waals surface area contributed by atoms with Crippen molar-refractivity contribution < 1.29 is 0 Å². The monoisotopic (exact) mass is 230 g/mol. The minimum absolute atomic E-state index is 0.511. The van der Waals surface area contributed by atoms with Crippen LogP contribution in [-0.2, 0) is 6.54 Å². The molecule has 1 aromatic heterocycles. The van der Waals surface area contributed by atoms with Crippen molar-refractivity contribution in [2.75, 3.05) is 6.54 Å². The number of rotatable bonds is 5. The molecule has 0 aromatic carbocycles. The molecule has 2 nitrogen and oxygen atoms in total. The second-order valence-corrected chi connectivity index (χ2v) is 5.12. The Balaban J connectivity index is 2.40. The number of halogens is 1. The van der Waals surface area contributed by atoms with E-state index < -0.39 is 0 Å². The fourth-order valence-electron chi connectivity index (χ4n) is 0.993. The molecule has 78 valence electrons. The summed E-state index contributed by atoms with van der Waals surface area (Å²) in [5, 5.41) is 5.02. The topological polar surface area (TPSA) is 24.9 Å². The highest BCUT2D eigenvalue weighted by Crippen LogP contribution is 2.20. The first kappa shape index (κ1) is 11.7. The van der Waals surface area contributed by atoms with Crippen LogP contribution < -0.4 is 5.32 Å². The van der Waals surface area contributed by atoms with Gasteiger partial charge in [0.05, 0.1) is 5.01 Å². The standard InChI is InChI=1S/C10H15ClN2S/c1-7(2)10-13-6-9(14-10)5-12-4-8(3)11/h6-7,12H,3-5H2,1-2H3. The van der Waals surface area contributed by atoms with Gasteiger partial charge in [0.25, 0.3) is 0 Å². The molecule has 0 spiro atoms. The van der Waals surface area contributed by atoms with Crippen LogP contribution in [0.5, 0.6) is 0 Å². The number of thiazole rings is 1. The minimum atomic E-state index is 0.511. The molecule has 0 atom stereocenters. The van der Waals surface area contributed by atoms with Crippen LogP contribution in [0.4, 0.5) is 0 Å². The summed E-state index contributed by atoms with van der Waals surface area (Å²) in [5.74, 6) is 0.511. The van der Waals surface area contributed by atoms with Crippen LogP contribution in [0.1, 0.15) is 29.7 Å². The van der Waals surface area contributed by atoms with Crippen molar-refractivity contribution in [1.82, 2.24) is 10.3 Å². The molecule has 1 heterocycles. The normalized spacial score (nSPS) is 10.9. The molecule has 4 heteroatoms. The molecule has 0 saturated carbocycles. The third-order valence-electron chi connectivity index (χ3n) is 1.68. The van der Waals surface area contributed by atoms with Gasteiger partial charge in [-0.05, 0) is 0 Å². The molecule has 1 N–H and O–H groups in total. The van der Waals surface area contributed by atoms with Crippen LogP contribution in [-0.4, -0.2) is 11.5 Å². The van der Waals surface area contributed by atoms with Gasteiger partial charge in [-0.25, -0.2) is 4.98 Å². The number of nitrogens with zero attached hydrogens (tertiary/aromatic N) is 1. The Morgan fingerprint density at radius 1 is 1.71 bits per heavy atom. The first-order chi connectivity index (χ1) is 6.59.